The molecule has 0 bridgehead atoms. The molecule has 0 aliphatic heterocycles. The monoisotopic (exact) mass is 226 g/mol. The van der Waals surface area contributed by atoms with Crippen LogP contribution in [0.4, 0.5) is 26.3 Å². The zero-order valence-electron chi connectivity index (χ0n) is 6.70. The minimum atomic E-state index is -5.35. The van der Waals surface area contributed by atoms with E-state index in [0.29, 0.717) is 0 Å². The minimum Gasteiger partial charge on any atom is -0.402 e. The van der Waals surface area contributed by atoms with Gasteiger partial charge in [-0.1, -0.05) is 13.6 Å². The van der Waals surface area contributed by atoms with E-state index in [2.05, 4.69) is 4.44 Å². The van der Waals surface area contributed by atoms with E-state index in [1.54, 1.807) is 0 Å². The molecule has 78 valence electrons. The van der Waals surface area contributed by atoms with Gasteiger partial charge >= 0.3 is 11.8 Å². The van der Waals surface area contributed by atoms with Gasteiger partial charge in [-0.25, -0.2) is 0 Å². The molecule has 0 aromatic carbocycles. The number of halogens is 6. The quantitative estimate of drug-likeness (QED) is 0.396. The van der Waals surface area contributed by atoms with Crippen LogP contribution in [0.5, 0.6) is 0 Å². The Morgan fingerprint density at radius 1 is 0.923 bits per heavy atom. The maximum Gasteiger partial charge on any atom is 0.437 e. The Kier molecular flexibility index (Phi) is 4.06. The van der Waals surface area contributed by atoms with Gasteiger partial charge in [0.05, 0.1) is 0 Å². The summed E-state index contributed by atoms with van der Waals surface area (Å²) in [6.45, 7) is 1.13. The van der Waals surface area contributed by atoms with Crippen LogP contribution >= 0.6 is 8.15 Å². The van der Waals surface area contributed by atoms with Gasteiger partial charge in [0.1, 0.15) is 0 Å². The van der Waals surface area contributed by atoms with E-state index >= 15 is 0 Å². The predicted molar refractivity (Wildman–Crippen MR) is 37.6 cm³/mol. The van der Waals surface area contributed by atoms with Crippen LogP contribution in [0, 0.1) is 0 Å². The minimum absolute atomic E-state index is 1.10. The topological polar surface area (TPSA) is 9.23 Å². The highest BCUT2D eigenvalue weighted by Gasteiger charge is 2.58. The Hall–Kier alpha value is 0.0349. The van der Waals surface area contributed by atoms with Gasteiger partial charge in [-0.2, -0.15) is 26.3 Å². The Balaban J connectivity index is 4.58. The van der Waals surface area contributed by atoms with Crippen LogP contribution in [0.1, 0.15) is 0 Å². The first-order chi connectivity index (χ1) is 5.55. The normalized spacial score (nSPS) is 13.6. The molecule has 0 aromatic heterocycles. The molecule has 0 aromatic rings. The zero-order valence-corrected chi connectivity index (χ0v) is 7.60. The Morgan fingerprint density at radius 2 is 1.23 bits per heavy atom. The summed E-state index contributed by atoms with van der Waals surface area (Å²) in [5.74, 6) is -10.7. The van der Waals surface area contributed by atoms with E-state index in [9.17, 15) is 26.3 Å². The summed E-state index contributed by atoms with van der Waals surface area (Å²) < 4.78 is 74.4. The van der Waals surface area contributed by atoms with Gasteiger partial charge in [-0.15, -0.1) is 0 Å². The van der Waals surface area contributed by atoms with Gasteiger partial charge in [0, 0.05) is 0 Å². The molecule has 0 saturated carbocycles. The summed E-state index contributed by atoms with van der Waals surface area (Å²) in [7, 11) is -4.38. The fourth-order valence-corrected chi connectivity index (χ4v) is 1.42. The molecular formula is C4H6BF6OP. The van der Waals surface area contributed by atoms with Crippen molar-refractivity contribution in [3.05, 3.63) is 0 Å². The fourth-order valence-electron chi connectivity index (χ4n) is 0.474. The molecule has 0 aliphatic rings. The third-order valence-corrected chi connectivity index (χ3v) is 2.33. The molecular weight excluding hydrogens is 220 g/mol. The van der Waals surface area contributed by atoms with Gasteiger partial charge < -0.3 is 4.44 Å². The number of alkyl halides is 6. The smallest absolute Gasteiger partial charge is 0.402 e. The van der Waals surface area contributed by atoms with Crippen LogP contribution in [0.3, 0.4) is 0 Å². The Bertz CT molecular complexity index is 151. The van der Waals surface area contributed by atoms with Crippen molar-refractivity contribution in [3.63, 3.8) is 0 Å². The van der Waals surface area contributed by atoms with E-state index in [1.807, 2.05) is 0 Å². The van der Waals surface area contributed by atoms with E-state index < -0.39 is 26.9 Å². The molecule has 13 heavy (non-hydrogen) atoms. The number of hydrogen-bond donors (Lipinski definition) is 0. The van der Waals surface area contributed by atoms with E-state index in [1.165, 1.54) is 0 Å². The molecule has 0 amide bonds. The standard InChI is InChI=1S/C4H6BF6OP/c1-5(2)12-13(3(6,7)8)4(9,10)11/h1-2H3. The molecule has 0 aliphatic carbocycles. The van der Waals surface area contributed by atoms with Crippen LogP contribution in [-0.2, 0) is 4.44 Å². The Labute approximate surface area is 72.4 Å². The highest BCUT2D eigenvalue weighted by molar-refractivity contribution is 7.55. The molecule has 0 fully saturated rings. The van der Waals surface area contributed by atoms with Gasteiger partial charge in [-0.05, 0) is 0 Å². The average molecular weight is 226 g/mol. The summed E-state index contributed by atoms with van der Waals surface area (Å²) >= 11 is 0. The van der Waals surface area contributed by atoms with Crippen molar-refractivity contribution in [2.24, 2.45) is 0 Å². The van der Waals surface area contributed by atoms with Crippen molar-refractivity contribution >= 4 is 15.1 Å². The molecule has 0 radical (unpaired) electrons. The molecule has 0 heterocycles. The fraction of sp³-hybridized carbons (Fsp3) is 1.00. The first-order valence-electron chi connectivity index (χ1n) is 3.15. The predicted octanol–water partition coefficient (Wildman–Crippen LogP) is 3.69. The van der Waals surface area contributed by atoms with Crippen LogP contribution < -0.4 is 0 Å². The number of rotatable bonds is 2. The largest absolute Gasteiger partial charge is 0.437 e. The van der Waals surface area contributed by atoms with Crippen LogP contribution in [0.2, 0.25) is 13.6 Å². The molecule has 0 rings (SSSR count). The lowest BCUT2D eigenvalue weighted by Gasteiger charge is -2.23. The van der Waals surface area contributed by atoms with Gasteiger partial charge in [0.15, 0.2) is 0 Å². The summed E-state index contributed by atoms with van der Waals surface area (Å²) in [4.78, 5) is 0. The molecule has 9 heteroatoms. The molecule has 0 saturated heterocycles. The highest BCUT2D eigenvalue weighted by atomic mass is 31.1. The third kappa shape index (κ3) is 4.71. The summed E-state index contributed by atoms with van der Waals surface area (Å²) in [5, 5.41) is 0. The maximum atomic E-state index is 11.8. The molecule has 0 N–H and O–H groups in total. The van der Waals surface area contributed by atoms with Crippen LogP contribution in [-0.4, -0.2) is 18.8 Å². The van der Waals surface area contributed by atoms with Gasteiger partial charge in [0.25, 0.3) is 6.92 Å². The van der Waals surface area contributed by atoms with Crippen LogP contribution in [0.25, 0.3) is 0 Å². The lowest BCUT2D eigenvalue weighted by Crippen LogP contribution is -2.23. The molecule has 0 spiro atoms. The van der Waals surface area contributed by atoms with E-state index in [-0.39, 0.29) is 0 Å². The van der Waals surface area contributed by atoms with Gasteiger partial charge in [-0.3, -0.25) is 0 Å². The summed E-state index contributed by atoms with van der Waals surface area (Å²) in [5.41, 5.74) is 0. The lowest BCUT2D eigenvalue weighted by molar-refractivity contribution is -0.0931. The van der Waals surface area contributed by atoms with E-state index in [0.717, 1.165) is 13.6 Å². The van der Waals surface area contributed by atoms with Crippen LogP contribution in [0.15, 0.2) is 0 Å². The highest BCUT2D eigenvalue weighted by Crippen LogP contribution is 2.65. The summed E-state index contributed by atoms with van der Waals surface area (Å²) in [6.07, 6.45) is 0. The molecule has 1 nitrogen and oxygen atoms in total. The lowest BCUT2D eigenvalue weighted by atomic mass is 9.76. The maximum absolute atomic E-state index is 11.8. The second-order valence-electron chi connectivity index (χ2n) is 2.38. The van der Waals surface area contributed by atoms with Gasteiger partial charge in [0.2, 0.25) is 8.15 Å². The third-order valence-electron chi connectivity index (χ3n) is 0.777. The second-order valence-corrected chi connectivity index (χ2v) is 4.20. The van der Waals surface area contributed by atoms with Crippen molar-refractivity contribution in [2.75, 3.05) is 0 Å². The zero-order chi connectivity index (χ0) is 10.9. The summed E-state index contributed by atoms with van der Waals surface area (Å²) in [6, 6.07) is 0. The Morgan fingerprint density at radius 3 is 1.31 bits per heavy atom. The average Bonchev–Trinajstić information content (AvgIpc) is 1.77. The van der Waals surface area contributed by atoms with E-state index in [4.69, 9.17) is 0 Å². The SMILES string of the molecule is CB(C)OP(C(F)(F)F)C(F)(F)F. The first-order valence-corrected chi connectivity index (χ1v) is 4.41. The van der Waals surface area contributed by atoms with Crippen molar-refractivity contribution in [1.82, 2.24) is 0 Å². The van der Waals surface area contributed by atoms with Crippen molar-refractivity contribution in [3.8, 4) is 0 Å². The van der Waals surface area contributed by atoms with Crippen molar-refractivity contribution in [1.29, 1.82) is 0 Å². The van der Waals surface area contributed by atoms with Crippen molar-refractivity contribution in [2.45, 2.75) is 25.5 Å². The first kappa shape index (κ1) is 13.0. The molecule has 0 atom stereocenters. The number of hydrogen-bond acceptors (Lipinski definition) is 1. The molecule has 0 unspecified atom stereocenters. The van der Waals surface area contributed by atoms with Crippen molar-refractivity contribution < 1.29 is 30.8 Å². The second kappa shape index (κ2) is 4.04.